The molecule has 2 heterocycles. The van der Waals surface area contributed by atoms with Gasteiger partial charge in [0.1, 0.15) is 10.9 Å². The highest BCUT2D eigenvalue weighted by Gasteiger charge is 2.23. The van der Waals surface area contributed by atoms with Crippen LogP contribution >= 0.6 is 23.1 Å². The second kappa shape index (κ2) is 7.11. The van der Waals surface area contributed by atoms with E-state index in [4.69, 9.17) is 4.74 Å². The maximum atomic E-state index is 12.5. The highest BCUT2D eigenvalue weighted by molar-refractivity contribution is 7.99. The van der Waals surface area contributed by atoms with Crippen molar-refractivity contribution >= 4 is 39.3 Å². The summed E-state index contributed by atoms with van der Waals surface area (Å²) in [6.45, 7) is 2.25. The summed E-state index contributed by atoms with van der Waals surface area (Å²) in [6, 6.07) is 0. The molecule has 0 aromatic carbocycles. The minimum absolute atomic E-state index is 0.0774. The van der Waals surface area contributed by atoms with E-state index < -0.39 is 0 Å². The highest BCUT2D eigenvalue weighted by atomic mass is 32.2. The first-order chi connectivity index (χ1) is 12.1. The van der Waals surface area contributed by atoms with Crippen LogP contribution in [0, 0.1) is 5.92 Å². The molecule has 0 saturated heterocycles. The third-order valence-electron chi connectivity index (χ3n) is 5.07. The molecule has 1 saturated carbocycles. The molecule has 7 heteroatoms. The Morgan fingerprint density at radius 1 is 1.36 bits per heavy atom. The maximum absolute atomic E-state index is 12.5. The van der Waals surface area contributed by atoms with Crippen LogP contribution in [-0.4, -0.2) is 27.8 Å². The number of thioether (sulfide) groups is 1. The van der Waals surface area contributed by atoms with Gasteiger partial charge in [-0.1, -0.05) is 18.7 Å². The van der Waals surface area contributed by atoms with Crippen molar-refractivity contribution in [3.8, 4) is 0 Å². The van der Waals surface area contributed by atoms with E-state index in [0.29, 0.717) is 11.1 Å². The molecule has 2 aliphatic rings. The Bertz CT molecular complexity index is 852. The lowest BCUT2D eigenvalue weighted by atomic mass is 9.89. The summed E-state index contributed by atoms with van der Waals surface area (Å²) in [6.07, 6.45) is 7.41. The summed E-state index contributed by atoms with van der Waals surface area (Å²) in [4.78, 5) is 34.0. The van der Waals surface area contributed by atoms with Crippen LogP contribution in [0.2, 0.25) is 0 Å². The second-order valence-electron chi connectivity index (χ2n) is 7.09. The Morgan fingerprint density at radius 2 is 2.16 bits per heavy atom. The zero-order chi connectivity index (χ0) is 17.4. The molecule has 0 bridgehead atoms. The van der Waals surface area contributed by atoms with Crippen molar-refractivity contribution in [3.63, 3.8) is 0 Å². The molecular formula is C18H22N2O3S2. The molecule has 134 valence electrons. The van der Waals surface area contributed by atoms with Gasteiger partial charge in [0.15, 0.2) is 5.16 Å². The van der Waals surface area contributed by atoms with E-state index in [-0.39, 0.29) is 23.4 Å². The van der Waals surface area contributed by atoms with E-state index >= 15 is 0 Å². The predicted octanol–water partition coefficient (Wildman–Crippen LogP) is 3.69. The number of rotatable bonds is 4. The lowest BCUT2D eigenvalue weighted by molar-refractivity contribution is -0.145. The van der Waals surface area contributed by atoms with Crippen molar-refractivity contribution in [2.75, 3.05) is 5.75 Å². The van der Waals surface area contributed by atoms with Crippen LogP contribution in [0.25, 0.3) is 10.2 Å². The van der Waals surface area contributed by atoms with Gasteiger partial charge < -0.3 is 9.72 Å². The average Bonchev–Trinajstić information content (AvgIpc) is 3.19. The van der Waals surface area contributed by atoms with Gasteiger partial charge in [-0.15, -0.1) is 11.3 Å². The van der Waals surface area contributed by atoms with Crippen molar-refractivity contribution in [1.82, 2.24) is 9.97 Å². The summed E-state index contributed by atoms with van der Waals surface area (Å²) in [7, 11) is 0. The van der Waals surface area contributed by atoms with Crippen LogP contribution < -0.4 is 5.56 Å². The fourth-order valence-corrected chi connectivity index (χ4v) is 5.84. The minimum Gasteiger partial charge on any atom is -0.462 e. The molecule has 1 fully saturated rings. The number of aromatic amines is 1. The topological polar surface area (TPSA) is 72.0 Å². The fourth-order valence-electron chi connectivity index (χ4n) is 3.75. The number of hydrogen-bond donors (Lipinski definition) is 1. The van der Waals surface area contributed by atoms with Gasteiger partial charge in [-0.2, -0.15) is 0 Å². The van der Waals surface area contributed by atoms with Crippen molar-refractivity contribution in [3.05, 3.63) is 20.8 Å². The molecule has 1 N–H and O–H groups in total. The number of aromatic nitrogens is 2. The Morgan fingerprint density at radius 3 is 2.96 bits per heavy atom. The van der Waals surface area contributed by atoms with Gasteiger partial charge in [-0.25, -0.2) is 4.98 Å². The largest absolute Gasteiger partial charge is 0.462 e. The van der Waals surface area contributed by atoms with Crippen LogP contribution in [0.3, 0.4) is 0 Å². The van der Waals surface area contributed by atoms with Crippen LogP contribution in [-0.2, 0) is 22.4 Å². The first-order valence-electron chi connectivity index (χ1n) is 8.97. The molecule has 25 heavy (non-hydrogen) atoms. The third-order valence-corrected chi connectivity index (χ3v) is 7.07. The average molecular weight is 379 g/mol. The van der Waals surface area contributed by atoms with Crippen LogP contribution in [0.4, 0.5) is 0 Å². The molecule has 0 spiro atoms. The maximum Gasteiger partial charge on any atom is 0.316 e. The van der Waals surface area contributed by atoms with E-state index in [1.54, 1.807) is 11.3 Å². The van der Waals surface area contributed by atoms with Gasteiger partial charge in [-0.05, 0) is 56.4 Å². The van der Waals surface area contributed by atoms with Gasteiger partial charge in [0.2, 0.25) is 0 Å². The van der Waals surface area contributed by atoms with Gasteiger partial charge in [0.05, 0.1) is 11.1 Å². The molecule has 2 aromatic heterocycles. The molecule has 1 atom stereocenters. The second-order valence-corrected chi connectivity index (χ2v) is 9.14. The molecule has 1 unspecified atom stereocenters. The van der Waals surface area contributed by atoms with Crippen LogP contribution in [0.15, 0.2) is 9.95 Å². The predicted molar refractivity (Wildman–Crippen MR) is 101 cm³/mol. The number of carbonyl (C=O) groups is 1. The van der Waals surface area contributed by atoms with Gasteiger partial charge in [0, 0.05) is 4.88 Å². The normalized spacial score (nSPS) is 20.8. The van der Waals surface area contributed by atoms with Crippen molar-refractivity contribution in [2.24, 2.45) is 5.92 Å². The summed E-state index contributed by atoms with van der Waals surface area (Å²) in [5, 5.41) is 1.26. The first kappa shape index (κ1) is 17.1. The number of nitrogens with one attached hydrogen (secondary N) is 1. The number of esters is 1. The van der Waals surface area contributed by atoms with Crippen molar-refractivity contribution < 1.29 is 9.53 Å². The Balaban J connectivity index is 1.49. The zero-order valence-corrected chi connectivity index (χ0v) is 15.9. The lowest BCUT2D eigenvalue weighted by Gasteiger charge is -2.17. The molecular weight excluding hydrogens is 356 g/mol. The minimum atomic E-state index is -0.223. The fraction of sp³-hybridized carbons (Fsp3) is 0.611. The van der Waals surface area contributed by atoms with Crippen molar-refractivity contribution in [2.45, 2.75) is 63.1 Å². The van der Waals surface area contributed by atoms with E-state index in [9.17, 15) is 9.59 Å². The molecule has 0 aliphatic heterocycles. The number of ether oxygens (including phenoxy) is 1. The number of carbonyl (C=O) groups excluding carboxylic acids is 1. The van der Waals surface area contributed by atoms with Crippen LogP contribution in [0.5, 0.6) is 0 Å². The van der Waals surface area contributed by atoms with E-state index in [2.05, 4.69) is 16.9 Å². The Hall–Kier alpha value is -1.34. The molecule has 4 rings (SSSR count). The van der Waals surface area contributed by atoms with Gasteiger partial charge in [0.25, 0.3) is 5.56 Å². The van der Waals surface area contributed by atoms with Crippen LogP contribution in [0.1, 0.15) is 49.5 Å². The van der Waals surface area contributed by atoms with Gasteiger partial charge >= 0.3 is 5.97 Å². The Labute approximate surface area is 154 Å². The number of aryl methyl sites for hydroxylation is 1. The number of nitrogens with zero attached hydrogens (tertiary/aromatic N) is 1. The zero-order valence-electron chi connectivity index (χ0n) is 14.3. The van der Waals surface area contributed by atoms with E-state index in [0.717, 1.165) is 55.2 Å². The number of thiophene rings is 1. The monoisotopic (exact) mass is 378 g/mol. The summed E-state index contributed by atoms with van der Waals surface area (Å²) >= 11 is 2.88. The SMILES string of the molecule is CC1CCc2c(sc3nc(SCC(=O)OC4CCCC4)[nH]c(=O)c23)C1. The molecule has 2 aromatic rings. The molecule has 0 amide bonds. The summed E-state index contributed by atoms with van der Waals surface area (Å²) in [5.41, 5.74) is 1.10. The first-order valence-corrected chi connectivity index (χ1v) is 10.8. The highest BCUT2D eigenvalue weighted by Crippen LogP contribution is 2.36. The molecule has 5 nitrogen and oxygen atoms in total. The quantitative estimate of drug-likeness (QED) is 0.499. The standard InChI is InChI=1S/C18H22N2O3S2/c1-10-6-7-12-13(8-10)25-17-15(12)16(22)19-18(20-17)24-9-14(21)23-11-4-2-3-5-11/h10-11H,2-9H2,1H3,(H,19,20,22). The number of H-pyrrole nitrogens is 1. The third kappa shape index (κ3) is 3.62. The van der Waals surface area contributed by atoms with Crippen molar-refractivity contribution in [1.29, 1.82) is 0 Å². The molecule has 2 aliphatic carbocycles. The Kier molecular flexibility index (Phi) is 4.86. The number of hydrogen-bond acceptors (Lipinski definition) is 6. The summed E-state index contributed by atoms with van der Waals surface area (Å²) in [5.74, 6) is 0.630. The molecule has 0 radical (unpaired) electrons. The van der Waals surface area contributed by atoms with E-state index in [1.807, 2.05) is 0 Å². The van der Waals surface area contributed by atoms with E-state index in [1.165, 1.54) is 22.2 Å². The van der Waals surface area contributed by atoms with Gasteiger partial charge in [-0.3, -0.25) is 9.59 Å². The smallest absolute Gasteiger partial charge is 0.316 e. The lowest BCUT2D eigenvalue weighted by Crippen LogP contribution is -2.17. The summed E-state index contributed by atoms with van der Waals surface area (Å²) < 4.78 is 5.45. The number of fused-ring (bicyclic) bond motifs is 3.